The number of rotatable bonds is 7. The van der Waals surface area contributed by atoms with Crippen LogP contribution >= 0.6 is 0 Å². The van der Waals surface area contributed by atoms with E-state index in [-0.39, 0.29) is 18.6 Å². The van der Waals surface area contributed by atoms with Crippen molar-refractivity contribution in [1.82, 2.24) is 25.2 Å². The highest BCUT2D eigenvalue weighted by molar-refractivity contribution is 5.99. The van der Waals surface area contributed by atoms with Gasteiger partial charge in [-0.1, -0.05) is 0 Å². The number of nitrogens with one attached hydrogen (secondary N) is 1. The van der Waals surface area contributed by atoms with E-state index in [0.29, 0.717) is 18.0 Å². The molecule has 1 unspecified atom stereocenters. The molecule has 9 nitrogen and oxygen atoms in total. The summed E-state index contributed by atoms with van der Waals surface area (Å²) in [6.45, 7) is 5.72. The lowest BCUT2D eigenvalue weighted by Gasteiger charge is -2.35. The summed E-state index contributed by atoms with van der Waals surface area (Å²) in [5, 5.41) is 12.4. The van der Waals surface area contributed by atoms with Crippen LogP contribution in [-0.2, 0) is 0 Å². The fraction of sp³-hybridized carbons (Fsp3) is 0.565. The summed E-state index contributed by atoms with van der Waals surface area (Å²) in [6, 6.07) is 5.75. The molecule has 5 rings (SSSR count). The van der Waals surface area contributed by atoms with Gasteiger partial charge in [0.05, 0.1) is 12.2 Å². The van der Waals surface area contributed by atoms with Gasteiger partial charge in [0.15, 0.2) is 0 Å². The summed E-state index contributed by atoms with van der Waals surface area (Å²) < 4.78 is 0. The van der Waals surface area contributed by atoms with Crippen molar-refractivity contribution < 1.29 is 9.90 Å². The third-order valence-electron chi connectivity index (χ3n) is 6.59. The van der Waals surface area contributed by atoms with Crippen molar-refractivity contribution in [1.29, 1.82) is 0 Å². The fourth-order valence-corrected chi connectivity index (χ4v) is 4.59. The van der Waals surface area contributed by atoms with Crippen LogP contribution < -0.4 is 15.1 Å². The number of β-amino-alcohol motifs (C(OH)–C–C–N with tert-alkyl or cyclic N) is 1. The molecule has 9 heteroatoms. The van der Waals surface area contributed by atoms with E-state index in [1.54, 1.807) is 6.20 Å². The predicted molar refractivity (Wildman–Crippen MR) is 122 cm³/mol. The maximum atomic E-state index is 13.2. The molecule has 2 aromatic rings. The Bertz CT molecular complexity index is 943. The molecule has 1 amide bonds. The van der Waals surface area contributed by atoms with E-state index < -0.39 is 0 Å². The number of pyridine rings is 1. The standard InChI is InChI=1S/C23H31N7O2/c31-15-14-28-10-12-29(13-11-28)21-19(2-1-7-24-21)22(32)26-18-6-9-30(16-18)23-25-8-5-20(27-23)17-3-4-17/h1-2,5,7-8,17-18,31H,3-4,6,9-16H2,(H,26,32). The molecule has 4 heterocycles. The molecule has 0 bridgehead atoms. The number of aliphatic hydroxyl groups is 1. The van der Waals surface area contributed by atoms with Crippen molar-refractivity contribution in [2.45, 2.75) is 31.2 Å². The van der Waals surface area contributed by atoms with Crippen LogP contribution in [0, 0.1) is 0 Å². The average molecular weight is 438 g/mol. The Labute approximate surface area is 188 Å². The maximum Gasteiger partial charge on any atom is 0.255 e. The molecular weight excluding hydrogens is 406 g/mol. The first-order valence-corrected chi connectivity index (χ1v) is 11.6. The number of aromatic nitrogens is 3. The minimum Gasteiger partial charge on any atom is -0.395 e. The highest BCUT2D eigenvalue weighted by atomic mass is 16.3. The Morgan fingerprint density at radius 1 is 1.03 bits per heavy atom. The Morgan fingerprint density at radius 2 is 1.88 bits per heavy atom. The number of hydrogen-bond donors (Lipinski definition) is 2. The number of carbonyl (C=O) groups excluding carboxylic acids is 1. The fourth-order valence-electron chi connectivity index (χ4n) is 4.59. The van der Waals surface area contributed by atoms with E-state index in [1.165, 1.54) is 12.8 Å². The Balaban J connectivity index is 1.21. The van der Waals surface area contributed by atoms with Crippen LogP contribution in [0.25, 0.3) is 0 Å². The van der Waals surface area contributed by atoms with E-state index >= 15 is 0 Å². The number of aliphatic hydroxyl groups excluding tert-OH is 1. The third kappa shape index (κ3) is 4.68. The second-order valence-electron chi connectivity index (χ2n) is 8.89. The number of hydrogen-bond acceptors (Lipinski definition) is 8. The molecule has 2 aromatic heterocycles. The SMILES string of the molecule is O=C(NC1CCN(c2nccc(C3CC3)n2)C1)c1cccnc1N1CCN(CCO)CC1. The van der Waals surface area contributed by atoms with Crippen LogP contribution in [0.15, 0.2) is 30.6 Å². The van der Waals surface area contributed by atoms with Gasteiger partial charge in [0.25, 0.3) is 5.91 Å². The smallest absolute Gasteiger partial charge is 0.255 e. The van der Waals surface area contributed by atoms with Gasteiger partial charge in [-0.15, -0.1) is 0 Å². The third-order valence-corrected chi connectivity index (χ3v) is 6.59. The van der Waals surface area contributed by atoms with Gasteiger partial charge < -0.3 is 20.2 Å². The first kappa shape index (κ1) is 21.1. The summed E-state index contributed by atoms with van der Waals surface area (Å²) in [6.07, 6.45) is 6.91. The largest absolute Gasteiger partial charge is 0.395 e. The topological polar surface area (TPSA) is 97.7 Å². The zero-order chi connectivity index (χ0) is 21.9. The minimum absolute atomic E-state index is 0.0603. The van der Waals surface area contributed by atoms with Crippen LogP contribution in [0.2, 0.25) is 0 Å². The quantitative estimate of drug-likeness (QED) is 0.659. The molecule has 0 spiro atoms. The molecule has 1 aliphatic carbocycles. The van der Waals surface area contributed by atoms with Crippen LogP contribution in [0.5, 0.6) is 0 Å². The average Bonchev–Trinajstić information content (AvgIpc) is 3.59. The van der Waals surface area contributed by atoms with E-state index in [2.05, 4.69) is 30.0 Å². The number of carbonyl (C=O) groups is 1. The normalized spacial score (nSPS) is 21.7. The lowest BCUT2D eigenvalue weighted by molar-refractivity contribution is 0.0940. The molecule has 2 saturated heterocycles. The van der Waals surface area contributed by atoms with Crippen molar-refractivity contribution in [3.05, 3.63) is 41.9 Å². The summed E-state index contributed by atoms with van der Waals surface area (Å²) in [7, 11) is 0. The monoisotopic (exact) mass is 437 g/mol. The Morgan fingerprint density at radius 3 is 2.66 bits per heavy atom. The lowest BCUT2D eigenvalue weighted by Crippen LogP contribution is -2.48. The van der Waals surface area contributed by atoms with Crippen LogP contribution in [0.1, 0.15) is 41.2 Å². The molecule has 32 heavy (non-hydrogen) atoms. The van der Waals surface area contributed by atoms with Crippen molar-refractivity contribution >= 4 is 17.7 Å². The molecule has 3 aliphatic rings. The van der Waals surface area contributed by atoms with E-state index in [9.17, 15) is 4.79 Å². The summed E-state index contributed by atoms with van der Waals surface area (Å²) in [5.74, 6) is 2.03. The zero-order valence-corrected chi connectivity index (χ0v) is 18.4. The minimum atomic E-state index is -0.0783. The number of piperazine rings is 1. The second-order valence-corrected chi connectivity index (χ2v) is 8.89. The molecule has 3 fully saturated rings. The predicted octanol–water partition coefficient (Wildman–Crippen LogP) is 0.872. The Hall–Kier alpha value is -2.78. The molecular formula is C23H31N7O2. The van der Waals surface area contributed by atoms with Gasteiger partial charge in [-0.3, -0.25) is 9.69 Å². The maximum absolute atomic E-state index is 13.2. The summed E-state index contributed by atoms with van der Waals surface area (Å²) in [5.41, 5.74) is 1.76. The van der Waals surface area contributed by atoms with Crippen LogP contribution in [0.4, 0.5) is 11.8 Å². The van der Waals surface area contributed by atoms with Crippen LogP contribution in [-0.4, -0.2) is 89.3 Å². The van der Waals surface area contributed by atoms with Crippen molar-refractivity contribution in [2.24, 2.45) is 0 Å². The van der Waals surface area contributed by atoms with Crippen molar-refractivity contribution in [3.8, 4) is 0 Å². The van der Waals surface area contributed by atoms with E-state index in [4.69, 9.17) is 10.1 Å². The zero-order valence-electron chi connectivity index (χ0n) is 18.4. The lowest BCUT2D eigenvalue weighted by atomic mass is 10.1. The van der Waals surface area contributed by atoms with Crippen molar-refractivity contribution in [3.63, 3.8) is 0 Å². The van der Waals surface area contributed by atoms with Crippen LogP contribution in [0.3, 0.4) is 0 Å². The number of nitrogens with zero attached hydrogens (tertiary/aromatic N) is 6. The Kier molecular flexibility index (Phi) is 6.18. The second kappa shape index (κ2) is 9.38. The van der Waals surface area contributed by atoms with E-state index in [1.807, 2.05) is 24.4 Å². The van der Waals surface area contributed by atoms with Gasteiger partial charge in [-0.05, 0) is 37.5 Å². The molecule has 0 radical (unpaired) electrons. The highest BCUT2D eigenvalue weighted by Gasteiger charge is 2.30. The molecule has 1 atom stereocenters. The van der Waals surface area contributed by atoms with Crippen molar-refractivity contribution in [2.75, 3.05) is 62.2 Å². The van der Waals surface area contributed by atoms with Gasteiger partial charge in [0, 0.05) is 75.9 Å². The summed E-state index contributed by atoms with van der Waals surface area (Å²) >= 11 is 0. The first-order chi connectivity index (χ1) is 15.7. The van der Waals surface area contributed by atoms with E-state index in [0.717, 1.165) is 63.1 Å². The van der Waals surface area contributed by atoms with Gasteiger partial charge in [0.2, 0.25) is 5.95 Å². The first-order valence-electron chi connectivity index (χ1n) is 11.6. The number of amides is 1. The molecule has 170 valence electrons. The molecule has 2 aliphatic heterocycles. The summed E-state index contributed by atoms with van der Waals surface area (Å²) in [4.78, 5) is 33.5. The molecule has 1 saturated carbocycles. The molecule has 0 aromatic carbocycles. The van der Waals surface area contributed by atoms with Gasteiger partial charge in [-0.2, -0.15) is 0 Å². The van der Waals surface area contributed by atoms with Gasteiger partial charge >= 0.3 is 0 Å². The van der Waals surface area contributed by atoms with Gasteiger partial charge in [0.1, 0.15) is 5.82 Å². The highest BCUT2D eigenvalue weighted by Crippen LogP contribution is 2.39. The molecule has 2 N–H and O–H groups in total. The van der Waals surface area contributed by atoms with Gasteiger partial charge in [-0.25, -0.2) is 15.0 Å². The number of anilines is 2.